The van der Waals surface area contributed by atoms with E-state index in [0.717, 1.165) is 6.26 Å². The van der Waals surface area contributed by atoms with Crippen molar-refractivity contribution in [3.63, 3.8) is 0 Å². The van der Waals surface area contributed by atoms with Crippen LogP contribution in [0.2, 0.25) is 0 Å². The summed E-state index contributed by atoms with van der Waals surface area (Å²) in [6, 6.07) is 4.69. The van der Waals surface area contributed by atoms with E-state index in [1.54, 1.807) is 19.1 Å². The van der Waals surface area contributed by atoms with Crippen molar-refractivity contribution in [1.82, 2.24) is 0 Å². The third-order valence-electron chi connectivity index (χ3n) is 2.82. The van der Waals surface area contributed by atoms with Crippen molar-refractivity contribution in [2.24, 2.45) is 0 Å². The second kappa shape index (κ2) is 5.02. The van der Waals surface area contributed by atoms with Crippen molar-refractivity contribution in [2.75, 3.05) is 23.0 Å². The number of anilines is 1. The molecule has 1 aromatic rings. The number of hydrogen-bond acceptors (Lipinski definition) is 4. The number of carbonyl (C=O) groups excluding carboxylic acids is 1. The average molecular weight is 304 g/mol. The van der Waals surface area contributed by atoms with Crippen LogP contribution in [0.5, 0.6) is 5.75 Å². The largest absolute Gasteiger partial charge is 0.487 e. The number of Topliss-reactive ketones (excluding diaryl/α,β-unsaturated/α-hetero) is 1. The minimum Gasteiger partial charge on any atom is -0.487 e. The summed E-state index contributed by atoms with van der Waals surface area (Å²) in [7, 11) is -3.41. The topological polar surface area (TPSA) is 63.7 Å². The number of ether oxygens (including phenoxy) is 1. The van der Waals surface area contributed by atoms with E-state index in [-0.39, 0.29) is 24.3 Å². The molecular formula is C12H14ClNO4S. The van der Waals surface area contributed by atoms with Gasteiger partial charge in [0.15, 0.2) is 5.78 Å². The number of benzene rings is 1. The van der Waals surface area contributed by atoms with Gasteiger partial charge < -0.3 is 4.74 Å². The molecule has 0 bridgehead atoms. The molecule has 1 heterocycles. The zero-order chi connectivity index (χ0) is 14.2. The fraction of sp³-hybridized carbons (Fsp3) is 0.417. The van der Waals surface area contributed by atoms with Crippen LogP contribution in [0.15, 0.2) is 18.2 Å². The predicted molar refractivity (Wildman–Crippen MR) is 73.8 cm³/mol. The van der Waals surface area contributed by atoms with Crippen LogP contribution in [0.1, 0.15) is 17.3 Å². The lowest BCUT2D eigenvalue weighted by molar-refractivity contribution is 0.102. The average Bonchev–Trinajstić information content (AvgIpc) is 2.35. The van der Waals surface area contributed by atoms with Crippen LogP contribution in [0.25, 0.3) is 0 Å². The van der Waals surface area contributed by atoms with Crippen LogP contribution in [-0.4, -0.2) is 39.0 Å². The van der Waals surface area contributed by atoms with Crippen molar-refractivity contribution in [1.29, 1.82) is 0 Å². The number of sulfonamides is 1. The van der Waals surface area contributed by atoms with Gasteiger partial charge in [0.2, 0.25) is 10.0 Å². The highest BCUT2D eigenvalue weighted by atomic mass is 35.5. The number of halogens is 1. The fourth-order valence-corrected chi connectivity index (χ4v) is 3.10. The molecule has 7 heteroatoms. The van der Waals surface area contributed by atoms with E-state index < -0.39 is 10.0 Å². The Morgan fingerprint density at radius 2 is 2.21 bits per heavy atom. The first-order valence-electron chi connectivity index (χ1n) is 5.70. The Labute approximate surface area is 117 Å². The number of ketones is 1. The zero-order valence-corrected chi connectivity index (χ0v) is 12.2. The molecule has 5 nitrogen and oxygen atoms in total. The highest BCUT2D eigenvalue weighted by Gasteiger charge is 2.29. The molecule has 0 aliphatic carbocycles. The van der Waals surface area contributed by atoms with Gasteiger partial charge in [-0.25, -0.2) is 8.42 Å². The summed E-state index contributed by atoms with van der Waals surface area (Å²) < 4.78 is 30.4. The van der Waals surface area contributed by atoms with Crippen LogP contribution in [0.4, 0.5) is 5.69 Å². The summed E-state index contributed by atoms with van der Waals surface area (Å²) in [6.45, 7) is 2.02. The molecule has 1 aliphatic heterocycles. The standard InChI is InChI=1S/C12H14ClNO4S/c1-8-7-14(19(2,16)17)10-5-9(11(15)6-13)3-4-12(10)18-8/h3-5,8H,6-7H2,1-2H3. The summed E-state index contributed by atoms with van der Waals surface area (Å²) in [6.07, 6.45) is 0.891. The van der Waals surface area contributed by atoms with E-state index in [9.17, 15) is 13.2 Å². The Morgan fingerprint density at radius 3 is 2.79 bits per heavy atom. The maximum absolute atomic E-state index is 11.8. The number of nitrogens with zero attached hydrogens (tertiary/aromatic N) is 1. The predicted octanol–water partition coefficient (Wildman–Crippen LogP) is 1.66. The number of alkyl halides is 1. The molecule has 2 rings (SSSR count). The summed E-state index contributed by atoms with van der Waals surface area (Å²) >= 11 is 5.51. The van der Waals surface area contributed by atoms with E-state index in [1.807, 2.05) is 0 Å². The third-order valence-corrected chi connectivity index (χ3v) is 4.21. The Morgan fingerprint density at radius 1 is 1.53 bits per heavy atom. The fourth-order valence-electron chi connectivity index (χ4n) is 1.96. The van der Waals surface area contributed by atoms with Gasteiger partial charge >= 0.3 is 0 Å². The van der Waals surface area contributed by atoms with E-state index in [0.29, 0.717) is 17.0 Å². The Hall–Kier alpha value is -1.27. The molecule has 0 N–H and O–H groups in total. The highest BCUT2D eigenvalue weighted by molar-refractivity contribution is 7.92. The van der Waals surface area contributed by atoms with Gasteiger partial charge in [0, 0.05) is 5.56 Å². The van der Waals surface area contributed by atoms with E-state index in [4.69, 9.17) is 16.3 Å². The maximum atomic E-state index is 11.8. The molecular weight excluding hydrogens is 290 g/mol. The molecule has 0 saturated carbocycles. The molecule has 19 heavy (non-hydrogen) atoms. The number of fused-ring (bicyclic) bond motifs is 1. The summed E-state index contributed by atoms with van der Waals surface area (Å²) in [5.74, 6) is 0.0568. The molecule has 1 unspecified atom stereocenters. The van der Waals surface area contributed by atoms with Crippen LogP contribution in [0.3, 0.4) is 0 Å². The van der Waals surface area contributed by atoms with E-state index in [1.165, 1.54) is 10.4 Å². The molecule has 0 spiro atoms. The Kier molecular flexibility index (Phi) is 3.73. The lowest BCUT2D eigenvalue weighted by Gasteiger charge is -2.33. The number of hydrogen-bond donors (Lipinski definition) is 0. The van der Waals surface area contributed by atoms with Gasteiger partial charge in [-0.15, -0.1) is 11.6 Å². The lowest BCUT2D eigenvalue weighted by atomic mass is 10.1. The van der Waals surface area contributed by atoms with Gasteiger partial charge in [-0.2, -0.15) is 0 Å². The van der Waals surface area contributed by atoms with Crippen molar-refractivity contribution >= 4 is 33.1 Å². The minimum absolute atomic E-state index is 0.144. The first kappa shape index (κ1) is 14.1. The van der Waals surface area contributed by atoms with Gasteiger partial charge in [0.1, 0.15) is 11.9 Å². The van der Waals surface area contributed by atoms with Gasteiger partial charge in [-0.05, 0) is 25.1 Å². The first-order chi connectivity index (χ1) is 8.82. The van der Waals surface area contributed by atoms with Crippen molar-refractivity contribution in [2.45, 2.75) is 13.0 Å². The van der Waals surface area contributed by atoms with Crippen LogP contribution in [-0.2, 0) is 10.0 Å². The van der Waals surface area contributed by atoms with Gasteiger partial charge in [-0.1, -0.05) is 0 Å². The molecule has 0 saturated heterocycles. The normalized spacial score (nSPS) is 18.7. The number of carbonyl (C=O) groups is 1. The highest BCUT2D eigenvalue weighted by Crippen LogP contribution is 2.35. The van der Waals surface area contributed by atoms with Gasteiger partial charge in [0.25, 0.3) is 0 Å². The van der Waals surface area contributed by atoms with E-state index >= 15 is 0 Å². The van der Waals surface area contributed by atoms with Crippen molar-refractivity contribution < 1.29 is 17.9 Å². The third kappa shape index (κ3) is 2.84. The molecule has 1 aromatic carbocycles. The molecule has 0 aromatic heterocycles. The minimum atomic E-state index is -3.41. The molecule has 0 radical (unpaired) electrons. The Bertz CT molecular complexity index is 614. The monoisotopic (exact) mass is 303 g/mol. The quantitative estimate of drug-likeness (QED) is 0.629. The summed E-state index contributed by atoms with van der Waals surface area (Å²) in [4.78, 5) is 11.6. The molecule has 1 aliphatic rings. The number of rotatable bonds is 3. The SMILES string of the molecule is CC1CN(S(C)(=O)=O)c2cc(C(=O)CCl)ccc2O1. The smallest absolute Gasteiger partial charge is 0.232 e. The first-order valence-corrected chi connectivity index (χ1v) is 8.09. The van der Waals surface area contributed by atoms with Crippen molar-refractivity contribution in [3.8, 4) is 5.75 Å². The van der Waals surface area contributed by atoms with Crippen LogP contribution >= 0.6 is 11.6 Å². The molecule has 104 valence electrons. The van der Waals surface area contributed by atoms with Crippen LogP contribution < -0.4 is 9.04 Å². The maximum Gasteiger partial charge on any atom is 0.232 e. The second-order valence-electron chi connectivity index (χ2n) is 4.46. The second-order valence-corrected chi connectivity index (χ2v) is 6.64. The molecule has 1 atom stereocenters. The lowest BCUT2D eigenvalue weighted by Crippen LogP contribution is -2.41. The Balaban J connectivity index is 2.54. The van der Waals surface area contributed by atoms with E-state index in [2.05, 4.69) is 0 Å². The summed E-state index contributed by atoms with van der Waals surface area (Å²) in [5.41, 5.74) is 0.761. The van der Waals surface area contributed by atoms with Gasteiger partial charge in [-0.3, -0.25) is 9.10 Å². The van der Waals surface area contributed by atoms with Crippen LogP contribution in [0, 0.1) is 0 Å². The van der Waals surface area contributed by atoms with Gasteiger partial charge in [0.05, 0.1) is 24.4 Å². The zero-order valence-electron chi connectivity index (χ0n) is 10.6. The summed E-state index contributed by atoms with van der Waals surface area (Å²) in [5, 5.41) is 0. The molecule has 0 amide bonds. The van der Waals surface area contributed by atoms with Crippen molar-refractivity contribution in [3.05, 3.63) is 23.8 Å². The molecule has 0 fully saturated rings.